The van der Waals surface area contributed by atoms with E-state index in [0.29, 0.717) is 19.1 Å². The Labute approximate surface area is 110 Å². The molecule has 1 aliphatic heterocycles. The second kappa shape index (κ2) is 5.88. The third-order valence-electron chi connectivity index (χ3n) is 4.40. The third-order valence-corrected chi connectivity index (χ3v) is 6.73. The number of nitrogens with two attached hydrogens (primary N) is 1. The van der Waals surface area contributed by atoms with E-state index in [1.807, 2.05) is 0 Å². The van der Waals surface area contributed by atoms with Crippen LogP contribution in [0.15, 0.2) is 0 Å². The maximum Gasteiger partial charge on any atom is 0.156 e. The van der Waals surface area contributed by atoms with E-state index in [0.717, 1.165) is 32.1 Å². The molecule has 106 valence electrons. The zero-order valence-corrected chi connectivity index (χ0v) is 12.0. The van der Waals surface area contributed by atoms with Gasteiger partial charge < -0.3 is 10.5 Å². The van der Waals surface area contributed by atoms with Crippen molar-refractivity contribution in [2.45, 2.75) is 50.4 Å². The van der Waals surface area contributed by atoms with E-state index >= 15 is 0 Å². The minimum atomic E-state index is -3.07. The second-order valence-corrected chi connectivity index (χ2v) is 8.18. The minimum Gasteiger partial charge on any atom is -0.377 e. The maximum atomic E-state index is 12.5. The van der Waals surface area contributed by atoms with Gasteiger partial charge >= 0.3 is 0 Å². The highest BCUT2D eigenvalue weighted by molar-refractivity contribution is 7.92. The van der Waals surface area contributed by atoms with Crippen molar-refractivity contribution in [3.8, 4) is 0 Å². The Balaban J connectivity index is 2.05. The lowest BCUT2D eigenvalue weighted by Crippen LogP contribution is -2.42. The summed E-state index contributed by atoms with van der Waals surface area (Å²) >= 11 is 0. The van der Waals surface area contributed by atoms with Gasteiger partial charge in [0.25, 0.3) is 0 Å². The number of hydrogen-bond acceptors (Lipinski definition) is 4. The van der Waals surface area contributed by atoms with E-state index in [4.69, 9.17) is 10.5 Å². The van der Waals surface area contributed by atoms with Crippen molar-refractivity contribution in [1.82, 2.24) is 0 Å². The van der Waals surface area contributed by atoms with Crippen LogP contribution in [0.3, 0.4) is 0 Å². The fourth-order valence-corrected chi connectivity index (χ4v) is 5.74. The molecule has 0 aromatic carbocycles. The topological polar surface area (TPSA) is 69.4 Å². The molecule has 1 saturated heterocycles. The van der Waals surface area contributed by atoms with Crippen molar-refractivity contribution < 1.29 is 13.2 Å². The van der Waals surface area contributed by atoms with Crippen LogP contribution in [-0.4, -0.2) is 38.7 Å². The summed E-state index contributed by atoms with van der Waals surface area (Å²) < 4.78 is 30.5. The van der Waals surface area contributed by atoms with E-state index < -0.39 is 9.84 Å². The second-order valence-electron chi connectivity index (χ2n) is 5.92. The van der Waals surface area contributed by atoms with Crippen LogP contribution in [0, 0.1) is 11.8 Å². The van der Waals surface area contributed by atoms with Crippen LogP contribution in [0.1, 0.15) is 39.0 Å². The molecule has 1 heterocycles. The van der Waals surface area contributed by atoms with Crippen molar-refractivity contribution in [3.63, 3.8) is 0 Å². The van der Waals surface area contributed by atoms with Gasteiger partial charge in [-0.1, -0.05) is 13.3 Å². The zero-order valence-electron chi connectivity index (χ0n) is 11.2. The van der Waals surface area contributed by atoms with Crippen molar-refractivity contribution in [3.05, 3.63) is 0 Å². The van der Waals surface area contributed by atoms with Crippen molar-refractivity contribution in [2.24, 2.45) is 17.6 Å². The van der Waals surface area contributed by atoms with Gasteiger partial charge in [0, 0.05) is 6.61 Å². The fraction of sp³-hybridized carbons (Fsp3) is 1.00. The van der Waals surface area contributed by atoms with Gasteiger partial charge in [0.2, 0.25) is 0 Å². The molecule has 4 atom stereocenters. The molecule has 0 aromatic heterocycles. The molecule has 0 amide bonds. The Bertz CT molecular complexity index is 362. The van der Waals surface area contributed by atoms with Crippen molar-refractivity contribution >= 4 is 9.84 Å². The molecule has 2 aliphatic rings. The number of ether oxygens (including phenoxy) is 1. The normalized spacial score (nSPS) is 37.9. The predicted octanol–water partition coefficient (Wildman–Crippen LogP) is 1.34. The summed E-state index contributed by atoms with van der Waals surface area (Å²) in [6, 6.07) is 0. The molecule has 2 N–H and O–H groups in total. The smallest absolute Gasteiger partial charge is 0.156 e. The van der Waals surface area contributed by atoms with Crippen LogP contribution in [0.25, 0.3) is 0 Å². The van der Waals surface area contributed by atoms with Gasteiger partial charge in [0.1, 0.15) is 0 Å². The molecule has 1 saturated carbocycles. The lowest BCUT2D eigenvalue weighted by Gasteiger charge is -2.34. The van der Waals surface area contributed by atoms with Crippen molar-refractivity contribution in [2.75, 3.05) is 18.9 Å². The monoisotopic (exact) mass is 275 g/mol. The van der Waals surface area contributed by atoms with E-state index in [2.05, 4.69) is 6.92 Å². The van der Waals surface area contributed by atoms with Gasteiger partial charge in [0.15, 0.2) is 9.84 Å². The maximum absolute atomic E-state index is 12.5. The first-order chi connectivity index (χ1) is 8.53. The number of hydrogen-bond donors (Lipinski definition) is 1. The van der Waals surface area contributed by atoms with E-state index in [9.17, 15) is 8.42 Å². The zero-order chi connectivity index (χ0) is 13.2. The molecule has 0 spiro atoms. The van der Waals surface area contributed by atoms with Gasteiger partial charge in [0.05, 0.1) is 17.1 Å². The van der Waals surface area contributed by atoms with Crippen LogP contribution in [0.5, 0.6) is 0 Å². The summed E-state index contributed by atoms with van der Waals surface area (Å²) in [6.07, 6.45) is 4.62. The Hall–Kier alpha value is -0.130. The molecule has 5 heteroatoms. The SMILES string of the molecule is CC1CCC(CN)C(S(=O)(=O)CC2CCCO2)C1. The molecule has 0 bridgehead atoms. The molecular formula is C13H25NO3S. The molecule has 0 radical (unpaired) electrons. The van der Waals surface area contributed by atoms with E-state index in [-0.39, 0.29) is 23.0 Å². The first-order valence-corrected chi connectivity index (χ1v) is 8.77. The summed E-state index contributed by atoms with van der Waals surface area (Å²) in [5.74, 6) is 0.839. The molecule has 2 rings (SSSR count). The van der Waals surface area contributed by atoms with E-state index in [1.165, 1.54) is 0 Å². The van der Waals surface area contributed by atoms with Crippen LogP contribution in [-0.2, 0) is 14.6 Å². The van der Waals surface area contributed by atoms with Crippen LogP contribution in [0.2, 0.25) is 0 Å². The average Bonchev–Trinajstić information content (AvgIpc) is 2.81. The van der Waals surface area contributed by atoms with Gasteiger partial charge in [-0.15, -0.1) is 0 Å². The summed E-state index contributed by atoms with van der Waals surface area (Å²) in [5, 5.41) is -0.240. The summed E-state index contributed by atoms with van der Waals surface area (Å²) in [7, 11) is -3.07. The lowest BCUT2D eigenvalue weighted by atomic mass is 9.82. The third kappa shape index (κ3) is 3.25. The standard InChI is InChI=1S/C13H25NO3S/c1-10-4-5-11(8-14)13(7-10)18(15,16)9-12-3-2-6-17-12/h10-13H,2-9,14H2,1H3. The van der Waals surface area contributed by atoms with Crippen molar-refractivity contribution in [1.29, 1.82) is 0 Å². The molecule has 4 unspecified atom stereocenters. The number of sulfone groups is 1. The predicted molar refractivity (Wildman–Crippen MR) is 72.1 cm³/mol. The first kappa shape index (κ1) is 14.3. The summed E-state index contributed by atoms with van der Waals surface area (Å²) in [5.41, 5.74) is 5.75. The highest BCUT2D eigenvalue weighted by Gasteiger charge is 2.38. The van der Waals surface area contributed by atoms with E-state index in [1.54, 1.807) is 0 Å². The number of rotatable bonds is 4. The highest BCUT2D eigenvalue weighted by atomic mass is 32.2. The molecule has 4 nitrogen and oxygen atoms in total. The molecule has 2 fully saturated rings. The Kier molecular flexibility index (Phi) is 4.67. The highest BCUT2D eigenvalue weighted by Crippen LogP contribution is 2.34. The molecule has 0 aromatic rings. The van der Waals surface area contributed by atoms with Gasteiger partial charge in [-0.25, -0.2) is 8.42 Å². The Morgan fingerprint density at radius 3 is 2.67 bits per heavy atom. The van der Waals surface area contributed by atoms with Gasteiger partial charge in [-0.05, 0) is 44.1 Å². The van der Waals surface area contributed by atoms with Crippen LogP contribution < -0.4 is 5.73 Å². The van der Waals surface area contributed by atoms with Gasteiger partial charge in [-0.2, -0.15) is 0 Å². The first-order valence-electron chi connectivity index (χ1n) is 7.06. The largest absolute Gasteiger partial charge is 0.377 e. The Morgan fingerprint density at radius 1 is 1.28 bits per heavy atom. The van der Waals surface area contributed by atoms with Crippen LogP contribution in [0.4, 0.5) is 0 Å². The van der Waals surface area contributed by atoms with Gasteiger partial charge in [-0.3, -0.25) is 0 Å². The molecule has 18 heavy (non-hydrogen) atoms. The summed E-state index contributed by atoms with van der Waals surface area (Å²) in [4.78, 5) is 0. The van der Waals surface area contributed by atoms with Crippen LogP contribution >= 0.6 is 0 Å². The summed E-state index contributed by atoms with van der Waals surface area (Å²) in [6.45, 7) is 3.34. The minimum absolute atomic E-state index is 0.0781. The average molecular weight is 275 g/mol. The fourth-order valence-electron chi connectivity index (χ4n) is 3.26. The molecule has 1 aliphatic carbocycles. The Morgan fingerprint density at radius 2 is 2.06 bits per heavy atom. The quantitative estimate of drug-likeness (QED) is 0.840. The molecular weight excluding hydrogens is 250 g/mol. The lowest BCUT2D eigenvalue weighted by molar-refractivity contribution is 0.127.